The van der Waals surface area contributed by atoms with E-state index in [4.69, 9.17) is 4.74 Å². The molecule has 222 valence electrons. The first-order chi connectivity index (χ1) is 20.8. The van der Waals surface area contributed by atoms with Gasteiger partial charge in [0.25, 0.3) is 5.91 Å². The van der Waals surface area contributed by atoms with E-state index in [2.05, 4.69) is 5.32 Å². The van der Waals surface area contributed by atoms with Crippen molar-refractivity contribution in [3.05, 3.63) is 126 Å². The highest BCUT2D eigenvalue weighted by Gasteiger charge is 2.36. The highest BCUT2D eigenvalue weighted by atomic mass is 32.2. The Hall–Kier alpha value is -4.47. The molecule has 0 unspecified atom stereocenters. The molecule has 0 spiro atoms. The van der Waals surface area contributed by atoms with E-state index in [9.17, 15) is 18.0 Å². The third kappa shape index (κ3) is 7.49. The first kappa shape index (κ1) is 30.0. The van der Waals surface area contributed by atoms with Gasteiger partial charge in [-0.25, -0.2) is 8.42 Å². The molecule has 2 amide bonds. The topological polar surface area (TPSA) is 96.0 Å². The molecule has 9 heteroatoms. The number of ether oxygens (including phenoxy) is 1. The largest absolute Gasteiger partial charge is 0.477 e. The Morgan fingerprint density at radius 2 is 1.44 bits per heavy atom. The van der Waals surface area contributed by atoms with Crippen LogP contribution >= 0.6 is 0 Å². The van der Waals surface area contributed by atoms with E-state index in [0.717, 1.165) is 16.7 Å². The first-order valence-electron chi connectivity index (χ1n) is 14.3. The molecule has 4 aromatic carbocycles. The molecule has 0 bridgehead atoms. The normalized spacial score (nSPS) is 14.6. The Balaban J connectivity index is 1.35. The second-order valence-electron chi connectivity index (χ2n) is 10.5. The van der Waals surface area contributed by atoms with Gasteiger partial charge in [-0.15, -0.1) is 0 Å². The van der Waals surface area contributed by atoms with E-state index in [-0.39, 0.29) is 30.4 Å². The van der Waals surface area contributed by atoms with Crippen molar-refractivity contribution in [1.29, 1.82) is 0 Å². The van der Waals surface area contributed by atoms with Gasteiger partial charge in [-0.2, -0.15) is 4.31 Å². The predicted molar refractivity (Wildman–Crippen MR) is 166 cm³/mol. The van der Waals surface area contributed by atoms with Gasteiger partial charge in [0.1, 0.15) is 5.75 Å². The van der Waals surface area contributed by atoms with Crippen LogP contribution < -0.4 is 15.0 Å². The van der Waals surface area contributed by atoms with Crippen LogP contribution in [0.2, 0.25) is 0 Å². The number of sulfonamides is 1. The van der Waals surface area contributed by atoms with Crippen molar-refractivity contribution in [3.8, 4) is 5.75 Å². The fourth-order valence-corrected chi connectivity index (χ4v) is 6.36. The molecule has 1 aliphatic heterocycles. The standard InChI is InChI=1S/C34H35N3O5S/c1-26-16-18-29(19-17-26)43(40,41)36(23-21-28-12-6-3-7-13-28)25-33(38)37-24-32(42-31-15-9-8-14-30(31)37)34(39)35-22-20-27-10-4-2-5-11-27/h2-19,32H,20-25H2,1H3,(H,35,39)/t32-/m0/s1. The Bertz CT molecular complexity index is 1640. The summed E-state index contributed by atoms with van der Waals surface area (Å²) in [7, 11) is -3.99. The Kier molecular flexibility index (Phi) is 9.54. The number of nitrogens with zero attached hydrogens (tertiary/aromatic N) is 2. The zero-order chi connectivity index (χ0) is 30.2. The van der Waals surface area contributed by atoms with Gasteiger partial charge in [-0.3, -0.25) is 9.59 Å². The van der Waals surface area contributed by atoms with Crippen molar-refractivity contribution >= 4 is 27.5 Å². The summed E-state index contributed by atoms with van der Waals surface area (Å²) in [5.74, 6) is -0.388. The maximum absolute atomic E-state index is 13.9. The van der Waals surface area contributed by atoms with Gasteiger partial charge in [-0.05, 0) is 55.2 Å². The average Bonchev–Trinajstić information content (AvgIpc) is 3.03. The maximum Gasteiger partial charge on any atom is 0.262 e. The van der Waals surface area contributed by atoms with Crippen molar-refractivity contribution in [2.75, 3.05) is 31.1 Å². The van der Waals surface area contributed by atoms with Gasteiger partial charge >= 0.3 is 0 Å². The molecule has 0 aromatic heterocycles. The van der Waals surface area contributed by atoms with Crippen LogP contribution in [0.25, 0.3) is 0 Å². The number of carbonyl (C=O) groups excluding carboxylic acids is 2. The van der Waals surface area contributed by atoms with Crippen LogP contribution in [0.5, 0.6) is 5.75 Å². The van der Waals surface area contributed by atoms with Crippen molar-refractivity contribution < 1.29 is 22.7 Å². The SMILES string of the molecule is Cc1ccc(S(=O)(=O)N(CCc2ccccc2)CC(=O)N2C[C@@H](C(=O)NCCc3ccccc3)Oc3ccccc32)cc1. The second kappa shape index (κ2) is 13.7. The quantitative estimate of drug-likeness (QED) is 0.277. The Labute approximate surface area is 253 Å². The molecular weight excluding hydrogens is 562 g/mol. The molecule has 0 saturated carbocycles. The first-order valence-corrected chi connectivity index (χ1v) is 15.7. The van der Waals surface area contributed by atoms with Crippen LogP contribution in [0.4, 0.5) is 5.69 Å². The van der Waals surface area contributed by atoms with Gasteiger partial charge in [0.15, 0.2) is 6.10 Å². The Morgan fingerprint density at radius 3 is 2.12 bits per heavy atom. The summed E-state index contributed by atoms with van der Waals surface area (Å²) >= 11 is 0. The van der Waals surface area contributed by atoms with Crippen LogP contribution in [0.1, 0.15) is 16.7 Å². The Morgan fingerprint density at radius 1 is 0.837 bits per heavy atom. The van der Waals surface area contributed by atoms with Crippen LogP contribution in [-0.4, -0.2) is 56.8 Å². The van der Waals surface area contributed by atoms with Crippen LogP contribution in [-0.2, 0) is 32.5 Å². The third-order valence-corrected chi connectivity index (χ3v) is 9.25. The van der Waals surface area contributed by atoms with Crippen molar-refractivity contribution in [2.45, 2.75) is 30.8 Å². The van der Waals surface area contributed by atoms with Crippen molar-refractivity contribution in [1.82, 2.24) is 9.62 Å². The van der Waals surface area contributed by atoms with E-state index < -0.39 is 22.0 Å². The van der Waals surface area contributed by atoms with Crippen LogP contribution in [0, 0.1) is 6.92 Å². The molecule has 1 N–H and O–H groups in total. The number of aryl methyl sites for hydroxylation is 1. The molecule has 5 rings (SSSR count). The van der Waals surface area contributed by atoms with Gasteiger partial charge in [0, 0.05) is 13.1 Å². The lowest BCUT2D eigenvalue weighted by molar-refractivity contribution is -0.128. The number of carbonyl (C=O) groups is 2. The number of anilines is 1. The van der Waals surface area contributed by atoms with E-state index >= 15 is 0 Å². The summed E-state index contributed by atoms with van der Waals surface area (Å²) < 4.78 is 34.8. The summed E-state index contributed by atoms with van der Waals surface area (Å²) in [6.07, 6.45) is 0.151. The van der Waals surface area contributed by atoms with Gasteiger partial charge in [0.2, 0.25) is 15.9 Å². The number of nitrogens with one attached hydrogen (secondary N) is 1. The van der Waals surface area contributed by atoms with Crippen molar-refractivity contribution in [2.24, 2.45) is 0 Å². The fourth-order valence-electron chi connectivity index (χ4n) is 4.97. The lowest BCUT2D eigenvalue weighted by atomic mass is 10.1. The van der Waals surface area contributed by atoms with Gasteiger partial charge in [-0.1, -0.05) is 90.5 Å². The fraction of sp³-hybridized carbons (Fsp3) is 0.235. The molecule has 4 aromatic rings. The molecule has 1 heterocycles. The minimum absolute atomic E-state index is 0.0376. The zero-order valence-electron chi connectivity index (χ0n) is 24.1. The molecule has 8 nitrogen and oxygen atoms in total. The predicted octanol–water partition coefficient (Wildman–Crippen LogP) is 4.38. The molecule has 0 aliphatic carbocycles. The summed E-state index contributed by atoms with van der Waals surface area (Å²) in [6.45, 7) is 1.99. The number of rotatable bonds is 11. The van der Waals surface area contributed by atoms with E-state index in [0.29, 0.717) is 30.8 Å². The second-order valence-corrected chi connectivity index (χ2v) is 12.4. The lowest BCUT2D eigenvalue weighted by Gasteiger charge is -2.35. The van der Waals surface area contributed by atoms with Crippen LogP contribution in [0.3, 0.4) is 0 Å². The number of fused-ring (bicyclic) bond motifs is 1. The lowest BCUT2D eigenvalue weighted by Crippen LogP contribution is -2.53. The minimum atomic E-state index is -3.99. The smallest absolute Gasteiger partial charge is 0.262 e. The molecule has 1 aliphatic rings. The summed E-state index contributed by atoms with van der Waals surface area (Å²) in [4.78, 5) is 28.6. The number of benzene rings is 4. The zero-order valence-corrected chi connectivity index (χ0v) is 24.9. The van der Waals surface area contributed by atoms with Crippen LogP contribution in [0.15, 0.2) is 114 Å². The van der Waals surface area contributed by atoms with Gasteiger partial charge in [0.05, 0.1) is 23.7 Å². The summed E-state index contributed by atoms with van der Waals surface area (Å²) in [6, 6.07) is 33.0. The minimum Gasteiger partial charge on any atom is -0.477 e. The number of hydrogen-bond donors (Lipinski definition) is 1. The molecule has 0 fully saturated rings. The van der Waals surface area contributed by atoms with Gasteiger partial charge < -0.3 is 15.0 Å². The number of para-hydroxylation sites is 2. The van der Waals surface area contributed by atoms with E-state index in [1.54, 1.807) is 48.5 Å². The number of hydrogen-bond acceptors (Lipinski definition) is 5. The average molecular weight is 598 g/mol. The monoisotopic (exact) mass is 597 g/mol. The van der Waals surface area contributed by atoms with E-state index in [1.165, 1.54) is 9.21 Å². The summed E-state index contributed by atoms with van der Waals surface area (Å²) in [5, 5.41) is 2.91. The van der Waals surface area contributed by atoms with E-state index in [1.807, 2.05) is 67.6 Å². The highest BCUT2D eigenvalue weighted by Crippen LogP contribution is 2.33. The number of amides is 2. The van der Waals surface area contributed by atoms with Crippen molar-refractivity contribution in [3.63, 3.8) is 0 Å². The molecule has 43 heavy (non-hydrogen) atoms. The molecule has 1 atom stereocenters. The maximum atomic E-state index is 13.9. The molecule has 0 saturated heterocycles. The molecular formula is C34H35N3O5S. The summed E-state index contributed by atoms with van der Waals surface area (Å²) in [5.41, 5.74) is 3.49. The third-order valence-electron chi connectivity index (χ3n) is 7.39. The molecule has 0 radical (unpaired) electrons. The highest BCUT2D eigenvalue weighted by molar-refractivity contribution is 7.89.